The topological polar surface area (TPSA) is 55.0 Å². The minimum atomic E-state index is 0.0155. The van der Waals surface area contributed by atoms with Gasteiger partial charge in [0.1, 0.15) is 12.4 Å². The summed E-state index contributed by atoms with van der Waals surface area (Å²) in [6, 6.07) is 0. The zero-order chi connectivity index (χ0) is 9.97. The van der Waals surface area contributed by atoms with Gasteiger partial charge in [-0.2, -0.15) is 0 Å². The monoisotopic (exact) mass is 194 g/mol. The highest BCUT2D eigenvalue weighted by Crippen LogP contribution is 2.15. The summed E-state index contributed by atoms with van der Waals surface area (Å²) in [5.74, 6) is 0.637. The average molecular weight is 194 g/mol. The molecule has 0 radical (unpaired) electrons. The van der Waals surface area contributed by atoms with Crippen LogP contribution >= 0.6 is 0 Å². The maximum Gasteiger partial charge on any atom is 0.254 e. The zero-order valence-electron chi connectivity index (χ0n) is 8.30. The Morgan fingerprint density at radius 2 is 2.21 bits per heavy atom. The van der Waals surface area contributed by atoms with Crippen molar-refractivity contribution in [3.05, 3.63) is 27.4 Å². The lowest BCUT2D eigenvalue weighted by atomic mass is 9.97. The van der Waals surface area contributed by atoms with E-state index in [2.05, 4.69) is 9.97 Å². The second-order valence-corrected chi connectivity index (χ2v) is 3.58. The molecular weight excluding hydrogens is 180 g/mol. The van der Waals surface area contributed by atoms with E-state index in [1.165, 1.54) is 0 Å². The predicted molar refractivity (Wildman–Crippen MR) is 52.2 cm³/mol. The first kappa shape index (κ1) is 9.40. The van der Waals surface area contributed by atoms with Crippen LogP contribution in [0, 0.1) is 0 Å². The van der Waals surface area contributed by atoms with Crippen LogP contribution in [0.15, 0.2) is 4.79 Å². The van der Waals surface area contributed by atoms with E-state index < -0.39 is 0 Å². The fourth-order valence-corrected chi connectivity index (χ4v) is 1.86. The smallest absolute Gasteiger partial charge is 0.254 e. The predicted octanol–water partition coefficient (Wildman–Crippen LogP) is 0.795. The number of aromatic amines is 1. The molecule has 1 aliphatic carbocycles. The highest BCUT2D eigenvalue weighted by molar-refractivity contribution is 5.20. The molecule has 1 aromatic rings. The Kier molecular flexibility index (Phi) is 2.63. The zero-order valence-corrected chi connectivity index (χ0v) is 8.30. The number of rotatable bonds is 2. The van der Waals surface area contributed by atoms with Gasteiger partial charge in [0.05, 0.1) is 5.69 Å². The van der Waals surface area contributed by atoms with Crippen LogP contribution in [0.3, 0.4) is 0 Å². The standard InChI is InChI=1S/C10H14N2O2/c1-14-6-9-11-8-5-3-2-4-7(8)10(13)12-9/h2-6H2,1H3,(H,11,12,13). The molecule has 76 valence electrons. The molecule has 1 aliphatic rings. The molecule has 2 rings (SSSR count). The maximum atomic E-state index is 11.6. The number of hydrogen-bond donors (Lipinski definition) is 1. The minimum Gasteiger partial charge on any atom is -0.377 e. The summed E-state index contributed by atoms with van der Waals surface area (Å²) in [7, 11) is 1.60. The lowest BCUT2D eigenvalue weighted by Gasteiger charge is -2.14. The van der Waals surface area contributed by atoms with Crippen LogP contribution in [-0.2, 0) is 24.2 Å². The molecule has 0 amide bonds. The third-order valence-corrected chi connectivity index (χ3v) is 2.52. The van der Waals surface area contributed by atoms with E-state index in [1.807, 2.05) is 0 Å². The second-order valence-electron chi connectivity index (χ2n) is 3.58. The molecule has 1 N–H and O–H groups in total. The van der Waals surface area contributed by atoms with Gasteiger partial charge in [-0.15, -0.1) is 0 Å². The molecule has 0 fully saturated rings. The van der Waals surface area contributed by atoms with Gasteiger partial charge >= 0.3 is 0 Å². The number of nitrogens with one attached hydrogen (secondary N) is 1. The first-order valence-electron chi connectivity index (χ1n) is 4.91. The van der Waals surface area contributed by atoms with Crippen molar-refractivity contribution in [2.24, 2.45) is 0 Å². The van der Waals surface area contributed by atoms with Crippen molar-refractivity contribution in [1.29, 1.82) is 0 Å². The van der Waals surface area contributed by atoms with Gasteiger partial charge in [0, 0.05) is 12.7 Å². The lowest BCUT2D eigenvalue weighted by Crippen LogP contribution is -2.23. The highest BCUT2D eigenvalue weighted by atomic mass is 16.5. The quantitative estimate of drug-likeness (QED) is 0.757. The van der Waals surface area contributed by atoms with E-state index in [9.17, 15) is 4.79 Å². The van der Waals surface area contributed by atoms with Crippen LogP contribution in [0.1, 0.15) is 29.9 Å². The second kappa shape index (κ2) is 3.92. The first-order chi connectivity index (χ1) is 6.81. The Balaban J connectivity index is 2.41. The molecular formula is C10H14N2O2. The van der Waals surface area contributed by atoms with Gasteiger partial charge in [-0.1, -0.05) is 0 Å². The van der Waals surface area contributed by atoms with Crippen LogP contribution in [0.25, 0.3) is 0 Å². The number of aromatic nitrogens is 2. The largest absolute Gasteiger partial charge is 0.377 e. The molecule has 0 saturated heterocycles. The molecule has 4 nitrogen and oxygen atoms in total. The van der Waals surface area contributed by atoms with E-state index in [0.717, 1.165) is 36.9 Å². The van der Waals surface area contributed by atoms with Gasteiger partial charge < -0.3 is 9.72 Å². The molecule has 0 bridgehead atoms. The molecule has 1 heterocycles. The van der Waals surface area contributed by atoms with E-state index in [1.54, 1.807) is 7.11 Å². The van der Waals surface area contributed by atoms with Gasteiger partial charge in [-0.25, -0.2) is 4.98 Å². The Morgan fingerprint density at radius 3 is 3.00 bits per heavy atom. The van der Waals surface area contributed by atoms with Gasteiger partial charge in [0.25, 0.3) is 5.56 Å². The lowest BCUT2D eigenvalue weighted by molar-refractivity contribution is 0.177. The molecule has 0 aliphatic heterocycles. The Hall–Kier alpha value is -1.16. The number of aryl methyl sites for hydroxylation is 1. The van der Waals surface area contributed by atoms with Crippen LogP contribution in [-0.4, -0.2) is 17.1 Å². The van der Waals surface area contributed by atoms with Gasteiger partial charge in [0.2, 0.25) is 0 Å². The summed E-state index contributed by atoms with van der Waals surface area (Å²) < 4.78 is 4.94. The van der Waals surface area contributed by atoms with Crippen LogP contribution in [0.4, 0.5) is 0 Å². The average Bonchev–Trinajstić information content (AvgIpc) is 2.18. The van der Waals surface area contributed by atoms with E-state index in [-0.39, 0.29) is 5.56 Å². The number of nitrogens with zero attached hydrogens (tertiary/aromatic N) is 1. The summed E-state index contributed by atoms with van der Waals surface area (Å²) in [4.78, 5) is 18.7. The van der Waals surface area contributed by atoms with Crippen LogP contribution < -0.4 is 5.56 Å². The number of fused-ring (bicyclic) bond motifs is 1. The third kappa shape index (κ3) is 1.70. The molecule has 0 unspecified atom stereocenters. The Labute approximate surface area is 82.3 Å². The highest BCUT2D eigenvalue weighted by Gasteiger charge is 2.14. The van der Waals surface area contributed by atoms with E-state index in [0.29, 0.717) is 12.4 Å². The number of H-pyrrole nitrogens is 1. The minimum absolute atomic E-state index is 0.0155. The van der Waals surface area contributed by atoms with E-state index in [4.69, 9.17) is 4.74 Å². The van der Waals surface area contributed by atoms with Crippen LogP contribution in [0.5, 0.6) is 0 Å². The summed E-state index contributed by atoms with van der Waals surface area (Å²) >= 11 is 0. The summed E-state index contributed by atoms with van der Waals surface area (Å²) in [5, 5.41) is 0. The van der Waals surface area contributed by atoms with Gasteiger partial charge in [-0.05, 0) is 25.7 Å². The molecule has 1 aromatic heterocycles. The first-order valence-corrected chi connectivity index (χ1v) is 4.91. The SMILES string of the molecule is COCc1nc2c(c(=O)[nH]1)CCCC2. The molecule has 0 saturated carbocycles. The summed E-state index contributed by atoms with van der Waals surface area (Å²) in [5.41, 5.74) is 1.85. The van der Waals surface area contributed by atoms with Gasteiger partial charge in [0.15, 0.2) is 0 Å². The molecule has 4 heteroatoms. The molecule has 14 heavy (non-hydrogen) atoms. The Bertz CT molecular complexity index is 384. The molecule has 0 spiro atoms. The van der Waals surface area contributed by atoms with Gasteiger partial charge in [-0.3, -0.25) is 4.79 Å². The van der Waals surface area contributed by atoms with Crippen molar-refractivity contribution in [2.45, 2.75) is 32.3 Å². The third-order valence-electron chi connectivity index (χ3n) is 2.52. The van der Waals surface area contributed by atoms with Crippen molar-refractivity contribution in [2.75, 3.05) is 7.11 Å². The summed E-state index contributed by atoms with van der Waals surface area (Å²) in [6.45, 7) is 0.377. The number of methoxy groups -OCH3 is 1. The normalized spacial score (nSPS) is 15.2. The Morgan fingerprint density at radius 1 is 1.43 bits per heavy atom. The fourth-order valence-electron chi connectivity index (χ4n) is 1.86. The van der Waals surface area contributed by atoms with Crippen molar-refractivity contribution in [1.82, 2.24) is 9.97 Å². The van der Waals surface area contributed by atoms with E-state index >= 15 is 0 Å². The van der Waals surface area contributed by atoms with Crippen molar-refractivity contribution >= 4 is 0 Å². The summed E-state index contributed by atoms with van der Waals surface area (Å²) in [6.07, 6.45) is 4.03. The van der Waals surface area contributed by atoms with Crippen molar-refractivity contribution < 1.29 is 4.74 Å². The molecule has 0 atom stereocenters. The van der Waals surface area contributed by atoms with Crippen molar-refractivity contribution in [3.8, 4) is 0 Å². The number of ether oxygens (including phenoxy) is 1. The van der Waals surface area contributed by atoms with Crippen LogP contribution in [0.2, 0.25) is 0 Å². The maximum absolute atomic E-state index is 11.6. The van der Waals surface area contributed by atoms with Crippen molar-refractivity contribution in [3.63, 3.8) is 0 Å². The molecule has 0 aromatic carbocycles. The fraction of sp³-hybridized carbons (Fsp3) is 0.600. The number of hydrogen-bond acceptors (Lipinski definition) is 3.